The van der Waals surface area contributed by atoms with Crippen molar-refractivity contribution in [1.82, 2.24) is 0 Å². The van der Waals surface area contributed by atoms with E-state index in [1.165, 1.54) is 6.07 Å². The molecule has 4 heteroatoms. The maximum Gasteiger partial charge on any atom is 0.219 e. The van der Waals surface area contributed by atoms with Gasteiger partial charge in [0.1, 0.15) is 5.82 Å². The average Bonchev–Trinajstić information content (AvgIpc) is 1.85. The third-order valence-electron chi connectivity index (χ3n) is 1.09. The van der Waals surface area contributed by atoms with Crippen molar-refractivity contribution in [1.29, 1.82) is 0 Å². The van der Waals surface area contributed by atoms with Crippen LogP contribution in [0, 0.1) is 12.4 Å². The van der Waals surface area contributed by atoms with Gasteiger partial charge in [-0.1, -0.05) is 27.5 Å². The SMILES string of the molecule is [C-]#[N+]c1c(Cl)cc(F)cc1Br. The second kappa shape index (κ2) is 3.21. The molecule has 11 heavy (non-hydrogen) atoms. The van der Waals surface area contributed by atoms with Crippen LogP contribution in [0.1, 0.15) is 0 Å². The predicted molar refractivity (Wildman–Crippen MR) is 45.4 cm³/mol. The Morgan fingerprint density at radius 2 is 2.18 bits per heavy atom. The summed E-state index contributed by atoms with van der Waals surface area (Å²) < 4.78 is 12.9. The van der Waals surface area contributed by atoms with E-state index in [1.54, 1.807) is 0 Å². The first-order valence-electron chi connectivity index (χ1n) is 2.67. The normalized spacial score (nSPS) is 9.27. The van der Waals surface area contributed by atoms with E-state index in [1.807, 2.05) is 0 Å². The highest BCUT2D eigenvalue weighted by atomic mass is 79.9. The second-order valence-electron chi connectivity index (χ2n) is 1.83. The lowest BCUT2D eigenvalue weighted by atomic mass is 10.3. The van der Waals surface area contributed by atoms with Crippen molar-refractivity contribution in [3.8, 4) is 0 Å². The molecule has 0 aliphatic carbocycles. The molecule has 0 saturated carbocycles. The fraction of sp³-hybridized carbons (Fsp3) is 0. The summed E-state index contributed by atoms with van der Waals surface area (Å²) in [7, 11) is 0. The summed E-state index contributed by atoms with van der Waals surface area (Å²) in [5, 5.41) is 0.131. The highest BCUT2D eigenvalue weighted by Gasteiger charge is 2.06. The monoisotopic (exact) mass is 233 g/mol. The van der Waals surface area contributed by atoms with Crippen molar-refractivity contribution in [2.45, 2.75) is 0 Å². The first-order valence-corrected chi connectivity index (χ1v) is 3.84. The molecule has 0 N–H and O–H groups in total. The Morgan fingerprint density at radius 3 is 2.64 bits per heavy atom. The third-order valence-corrected chi connectivity index (χ3v) is 1.99. The number of hydrogen-bond donors (Lipinski definition) is 0. The molecule has 0 aromatic heterocycles. The smallest absolute Gasteiger partial charge is 0.219 e. The van der Waals surface area contributed by atoms with E-state index >= 15 is 0 Å². The Balaban J connectivity index is 3.40. The molecule has 0 heterocycles. The van der Waals surface area contributed by atoms with Gasteiger partial charge in [0.05, 0.1) is 11.6 Å². The summed E-state index contributed by atoms with van der Waals surface area (Å²) in [6.07, 6.45) is 0. The van der Waals surface area contributed by atoms with Gasteiger partial charge in [0.2, 0.25) is 5.69 Å². The van der Waals surface area contributed by atoms with Crippen molar-refractivity contribution >= 4 is 33.2 Å². The van der Waals surface area contributed by atoms with Crippen molar-refractivity contribution in [2.75, 3.05) is 0 Å². The van der Waals surface area contributed by atoms with Gasteiger partial charge in [-0.05, 0) is 12.1 Å². The molecule has 0 atom stereocenters. The highest BCUT2D eigenvalue weighted by Crippen LogP contribution is 2.33. The standard InChI is InChI=1S/C7H2BrClFN/c1-11-7-5(8)2-4(10)3-6(7)9/h2-3H. The van der Waals surface area contributed by atoms with Crippen LogP contribution in [0.2, 0.25) is 5.02 Å². The minimum atomic E-state index is -0.450. The topological polar surface area (TPSA) is 4.36 Å². The van der Waals surface area contributed by atoms with Gasteiger partial charge < -0.3 is 0 Å². The summed E-state index contributed by atoms with van der Waals surface area (Å²) in [5.41, 5.74) is 0.244. The Labute approximate surface area is 76.7 Å². The number of hydrogen-bond acceptors (Lipinski definition) is 0. The van der Waals surface area contributed by atoms with Gasteiger partial charge in [-0.3, -0.25) is 0 Å². The first kappa shape index (κ1) is 8.51. The van der Waals surface area contributed by atoms with Gasteiger partial charge in [0.15, 0.2) is 0 Å². The average molecular weight is 234 g/mol. The molecule has 0 amide bonds. The molecular formula is C7H2BrClFN. The molecule has 0 unspecified atom stereocenters. The number of rotatable bonds is 0. The second-order valence-corrected chi connectivity index (χ2v) is 3.09. The molecule has 0 spiro atoms. The van der Waals surface area contributed by atoms with Gasteiger partial charge in [0, 0.05) is 4.47 Å². The molecule has 1 aromatic carbocycles. The van der Waals surface area contributed by atoms with Crippen LogP contribution in [0.3, 0.4) is 0 Å². The maximum atomic E-state index is 12.5. The minimum Gasteiger partial charge on any atom is -0.235 e. The number of benzene rings is 1. The van der Waals surface area contributed by atoms with Gasteiger partial charge in [-0.25, -0.2) is 9.24 Å². The molecule has 0 bridgehead atoms. The van der Waals surface area contributed by atoms with E-state index in [0.717, 1.165) is 6.07 Å². The van der Waals surface area contributed by atoms with Gasteiger partial charge in [-0.2, -0.15) is 0 Å². The largest absolute Gasteiger partial charge is 0.235 e. The van der Waals surface area contributed by atoms with Crippen LogP contribution < -0.4 is 0 Å². The Bertz CT molecular complexity index is 309. The Hall–Kier alpha value is -0.590. The van der Waals surface area contributed by atoms with Crippen LogP contribution in [0.4, 0.5) is 10.1 Å². The van der Waals surface area contributed by atoms with Crippen LogP contribution in [0.5, 0.6) is 0 Å². The van der Waals surface area contributed by atoms with Crippen LogP contribution in [-0.4, -0.2) is 0 Å². The van der Waals surface area contributed by atoms with Crippen LogP contribution in [-0.2, 0) is 0 Å². The maximum absolute atomic E-state index is 12.5. The van der Waals surface area contributed by atoms with Crippen molar-refractivity contribution < 1.29 is 4.39 Å². The summed E-state index contributed by atoms with van der Waals surface area (Å²) >= 11 is 8.57. The minimum absolute atomic E-state index is 0.131. The van der Waals surface area contributed by atoms with Gasteiger partial charge in [-0.15, -0.1) is 0 Å². The lowest BCUT2D eigenvalue weighted by Crippen LogP contribution is -1.74. The molecule has 1 nitrogen and oxygen atoms in total. The quantitative estimate of drug-likeness (QED) is 0.602. The molecule has 0 aliphatic heterocycles. The van der Waals surface area contributed by atoms with Gasteiger partial charge >= 0.3 is 0 Å². The van der Waals surface area contributed by atoms with Crippen molar-refractivity contribution in [3.63, 3.8) is 0 Å². The molecule has 56 valence electrons. The lowest BCUT2D eigenvalue weighted by Gasteiger charge is -1.97. The summed E-state index contributed by atoms with van der Waals surface area (Å²) in [6, 6.07) is 2.32. The molecule has 1 rings (SSSR count). The molecular weight excluding hydrogens is 232 g/mol. The molecule has 1 aromatic rings. The zero-order chi connectivity index (χ0) is 8.43. The fourth-order valence-corrected chi connectivity index (χ4v) is 1.52. The zero-order valence-electron chi connectivity index (χ0n) is 5.24. The molecule has 0 radical (unpaired) electrons. The first-order chi connectivity index (χ1) is 5.15. The van der Waals surface area contributed by atoms with Crippen molar-refractivity contribution in [3.05, 3.63) is 38.9 Å². The van der Waals surface area contributed by atoms with Crippen LogP contribution in [0.15, 0.2) is 16.6 Å². The number of halogens is 3. The molecule has 0 aliphatic rings. The highest BCUT2D eigenvalue weighted by molar-refractivity contribution is 9.10. The lowest BCUT2D eigenvalue weighted by molar-refractivity contribution is 0.627. The summed E-state index contributed by atoms with van der Waals surface area (Å²) in [5.74, 6) is -0.450. The van der Waals surface area contributed by atoms with E-state index in [2.05, 4.69) is 20.8 Å². The Morgan fingerprint density at radius 1 is 1.55 bits per heavy atom. The summed E-state index contributed by atoms with van der Waals surface area (Å²) in [6.45, 7) is 6.68. The van der Waals surface area contributed by atoms with Crippen LogP contribution >= 0.6 is 27.5 Å². The molecule has 0 saturated heterocycles. The third kappa shape index (κ3) is 1.70. The fourth-order valence-electron chi connectivity index (χ4n) is 0.641. The van der Waals surface area contributed by atoms with E-state index in [0.29, 0.717) is 4.47 Å². The van der Waals surface area contributed by atoms with E-state index in [4.69, 9.17) is 18.2 Å². The van der Waals surface area contributed by atoms with E-state index in [-0.39, 0.29) is 10.7 Å². The predicted octanol–water partition coefficient (Wildman–Crippen LogP) is 3.79. The van der Waals surface area contributed by atoms with E-state index in [9.17, 15) is 4.39 Å². The zero-order valence-corrected chi connectivity index (χ0v) is 7.58. The van der Waals surface area contributed by atoms with E-state index < -0.39 is 5.82 Å². The van der Waals surface area contributed by atoms with Gasteiger partial charge in [0.25, 0.3) is 0 Å². The molecule has 0 fully saturated rings. The van der Waals surface area contributed by atoms with Crippen molar-refractivity contribution in [2.24, 2.45) is 0 Å². The Kier molecular flexibility index (Phi) is 2.48. The number of nitrogens with zero attached hydrogens (tertiary/aromatic N) is 1. The van der Waals surface area contributed by atoms with Crippen LogP contribution in [0.25, 0.3) is 4.85 Å². The summed E-state index contributed by atoms with van der Waals surface area (Å²) in [4.78, 5) is 3.12.